The third kappa shape index (κ3) is 1.75. The predicted octanol–water partition coefficient (Wildman–Crippen LogP) is 2.38. The molecule has 20 heavy (non-hydrogen) atoms. The fraction of sp³-hybridized carbons (Fsp3) is 0.438. The van der Waals surface area contributed by atoms with Crippen molar-refractivity contribution in [1.82, 2.24) is 10.3 Å². The van der Waals surface area contributed by atoms with E-state index in [4.69, 9.17) is 4.74 Å². The summed E-state index contributed by atoms with van der Waals surface area (Å²) in [5, 5.41) is 4.32. The van der Waals surface area contributed by atoms with E-state index >= 15 is 0 Å². The van der Waals surface area contributed by atoms with E-state index < -0.39 is 0 Å². The van der Waals surface area contributed by atoms with Gasteiger partial charge in [-0.3, -0.25) is 4.79 Å². The Morgan fingerprint density at radius 2 is 2.30 bits per heavy atom. The molecule has 0 aliphatic heterocycles. The number of nitrogens with one attached hydrogen (secondary N) is 2. The number of fused-ring (bicyclic) bond motifs is 2. The van der Waals surface area contributed by atoms with Crippen LogP contribution in [0.25, 0.3) is 10.9 Å². The van der Waals surface area contributed by atoms with Gasteiger partial charge in [-0.2, -0.15) is 0 Å². The van der Waals surface area contributed by atoms with E-state index in [0.29, 0.717) is 12.5 Å². The van der Waals surface area contributed by atoms with Gasteiger partial charge in [0.15, 0.2) is 0 Å². The van der Waals surface area contributed by atoms with Gasteiger partial charge in [-0.25, -0.2) is 0 Å². The van der Waals surface area contributed by atoms with Crippen LogP contribution in [0.3, 0.4) is 0 Å². The normalized spacial score (nSPS) is 27.9. The minimum Gasteiger partial charge on any atom is -0.382 e. The zero-order valence-electron chi connectivity index (χ0n) is 11.5. The first kappa shape index (κ1) is 12.0. The van der Waals surface area contributed by atoms with Crippen LogP contribution in [-0.4, -0.2) is 24.6 Å². The van der Waals surface area contributed by atoms with E-state index in [9.17, 15) is 4.79 Å². The Kier molecular flexibility index (Phi) is 2.45. The molecule has 0 saturated heterocycles. The Hall–Kier alpha value is -1.81. The topological polar surface area (TPSA) is 54.1 Å². The molecular weight excluding hydrogens is 252 g/mol. The number of hydrogen-bond donors (Lipinski definition) is 2. The summed E-state index contributed by atoms with van der Waals surface area (Å²) in [6.07, 6.45) is 4.08. The third-order valence-electron chi connectivity index (χ3n) is 4.75. The molecule has 1 heterocycles. The van der Waals surface area contributed by atoms with Crippen molar-refractivity contribution in [2.45, 2.75) is 18.9 Å². The summed E-state index contributed by atoms with van der Waals surface area (Å²) in [7, 11) is 1.67. The van der Waals surface area contributed by atoms with Crippen molar-refractivity contribution in [3.63, 3.8) is 0 Å². The maximum absolute atomic E-state index is 12.3. The molecule has 1 atom stereocenters. The van der Waals surface area contributed by atoms with Gasteiger partial charge in [0.05, 0.1) is 18.1 Å². The van der Waals surface area contributed by atoms with Crippen molar-refractivity contribution >= 4 is 16.8 Å². The van der Waals surface area contributed by atoms with Crippen LogP contribution in [0.5, 0.6) is 0 Å². The molecule has 0 spiro atoms. The second kappa shape index (κ2) is 4.09. The molecule has 4 rings (SSSR count). The molecule has 0 radical (unpaired) electrons. The minimum absolute atomic E-state index is 0.00414. The van der Waals surface area contributed by atoms with Gasteiger partial charge in [-0.05, 0) is 47.9 Å². The highest BCUT2D eigenvalue weighted by atomic mass is 16.5. The quantitative estimate of drug-likeness (QED) is 0.876. The smallest absolute Gasteiger partial charge is 0.227 e. The summed E-state index contributed by atoms with van der Waals surface area (Å²) in [5.41, 5.74) is 2.21. The van der Waals surface area contributed by atoms with Crippen molar-refractivity contribution in [2.75, 3.05) is 13.7 Å². The van der Waals surface area contributed by atoms with Crippen molar-refractivity contribution in [2.24, 2.45) is 11.3 Å². The van der Waals surface area contributed by atoms with E-state index in [0.717, 1.165) is 29.3 Å². The summed E-state index contributed by atoms with van der Waals surface area (Å²) in [6, 6.07) is 8.20. The van der Waals surface area contributed by atoms with Gasteiger partial charge < -0.3 is 15.0 Å². The highest BCUT2D eigenvalue weighted by Crippen LogP contribution is 2.75. The lowest BCUT2D eigenvalue weighted by Crippen LogP contribution is -2.34. The second-order valence-electron chi connectivity index (χ2n) is 6.07. The summed E-state index contributed by atoms with van der Waals surface area (Å²) < 4.78 is 5.28. The number of rotatable bonds is 5. The number of methoxy groups -OCH3 is 1. The number of benzene rings is 1. The molecule has 1 aromatic heterocycles. The van der Waals surface area contributed by atoms with E-state index in [1.165, 1.54) is 0 Å². The molecule has 4 heteroatoms. The number of ether oxygens (including phenoxy) is 1. The molecule has 2 aromatic rings. The number of hydrogen-bond acceptors (Lipinski definition) is 2. The minimum atomic E-state index is -0.0666. The molecule has 4 nitrogen and oxygen atoms in total. The third-order valence-corrected chi connectivity index (χ3v) is 4.75. The standard InChI is InChI=1S/C16H18N2O2/c1-20-9-14(18-15(19)16-7-12(16)8-16)10-2-3-13-11(6-10)4-5-17-13/h2-6,12,14,17H,7-9H2,1H3,(H,18,19). The van der Waals surface area contributed by atoms with Gasteiger partial charge in [0.2, 0.25) is 5.91 Å². The lowest BCUT2D eigenvalue weighted by atomic mass is 10.0. The molecular formula is C16H18N2O2. The monoisotopic (exact) mass is 270 g/mol. The molecule has 2 fully saturated rings. The van der Waals surface area contributed by atoms with Crippen molar-refractivity contribution < 1.29 is 9.53 Å². The van der Waals surface area contributed by atoms with Crippen LogP contribution >= 0.6 is 0 Å². The lowest BCUT2D eigenvalue weighted by Gasteiger charge is -2.19. The predicted molar refractivity (Wildman–Crippen MR) is 76.2 cm³/mol. The van der Waals surface area contributed by atoms with Gasteiger partial charge in [0.1, 0.15) is 0 Å². The SMILES string of the molecule is COCC(NC(=O)C12CC1C2)c1ccc2[nH]ccc2c1. The summed E-state index contributed by atoms with van der Waals surface area (Å²) in [6.45, 7) is 0.502. The molecule has 2 saturated carbocycles. The largest absolute Gasteiger partial charge is 0.382 e. The molecule has 2 aliphatic rings. The van der Waals surface area contributed by atoms with Gasteiger partial charge in [0, 0.05) is 18.8 Å². The number of carbonyl (C=O) groups excluding carboxylic acids is 1. The summed E-state index contributed by atoms with van der Waals surface area (Å²) >= 11 is 0. The summed E-state index contributed by atoms with van der Waals surface area (Å²) in [5.74, 6) is 0.872. The first-order valence-corrected chi connectivity index (χ1v) is 7.10. The number of aromatic nitrogens is 1. The van der Waals surface area contributed by atoms with Crippen LogP contribution in [0.1, 0.15) is 24.4 Å². The number of H-pyrrole nitrogens is 1. The molecule has 104 valence electrons. The molecule has 2 aliphatic carbocycles. The van der Waals surface area contributed by atoms with Crippen LogP contribution in [0.4, 0.5) is 0 Å². The average molecular weight is 270 g/mol. The van der Waals surface area contributed by atoms with E-state index in [1.54, 1.807) is 7.11 Å². The highest BCUT2D eigenvalue weighted by molar-refractivity contribution is 5.90. The van der Waals surface area contributed by atoms with E-state index in [-0.39, 0.29) is 17.4 Å². The Labute approximate surface area is 117 Å². The van der Waals surface area contributed by atoms with E-state index in [1.807, 2.05) is 12.3 Å². The molecule has 1 amide bonds. The highest BCUT2D eigenvalue weighted by Gasteiger charge is 2.74. The zero-order valence-corrected chi connectivity index (χ0v) is 11.5. The second-order valence-corrected chi connectivity index (χ2v) is 6.07. The van der Waals surface area contributed by atoms with Crippen molar-refractivity contribution in [3.8, 4) is 0 Å². The lowest BCUT2D eigenvalue weighted by molar-refractivity contribution is -0.125. The summed E-state index contributed by atoms with van der Waals surface area (Å²) in [4.78, 5) is 15.4. The van der Waals surface area contributed by atoms with Crippen LogP contribution in [0.2, 0.25) is 0 Å². The Bertz CT molecular complexity index is 670. The van der Waals surface area contributed by atoms with Crippen LogP contribution < -0.4 is 5.32 Å². The average Bonchev–Trinajstić information content (AvgIpc) is 3.25. The van der Waals surface area contributed by atoms with Crippen molar-refractivity contribution in [1.29, 1.82) is 0 Å². The Morgan fingerprint density at radius 3 is 3.00 bits per heavy atom. The Balaban J connectivity index is 1.58. The van der Waals surface area contributed by atoms with Gasteiger partial charge in [0.25, 0.3) is 0 Å². The molecule has 1 aromatic carbocycles. The number of aromatic amines is 1. The van der Waals surface area contributed by atoms with Gasteiger partial charge in [-0.1, -0.05) is 6.07 Å². The zero-order chi connectivity index (χ0) is 13.7. The van der Waals surface area contributed by atoms with Crippen LogP contribution in [0.15, 0.2) is 30.5 Å². The Morgan fingerprint density at radius 1 is 1.50 bits per heavy atom. The van der Waals surface area contributed by atoms with Gasteiger partial charge >= 0.3 is 0 Å². The molecule has 2 N–H and O–H groups in total. The molecule has 0 bridgehead atoms. The first-order valence-electron chi connectivity index (χ1n) is 7.10. The number of amides is 1. The van der Waals surface area contributed by atoms with Crippen molar-refractivity contribution in [3.05, 3.63) is 36.0 Å². The maximum atomic E-state index is 12.3. The fourth-order valence-electron chi connectivity index (χ4n) is 3.05. The van der Waals surface area contributed by atoms with Crippen LogP contribution in [-0.2, 0) is 9.53 Å². The fourth-order valence-corrected chi connectivity index (χ4v) is 3.05. The molecule has 1 unspecified atom stereocenters. The first-order chi connectivity index (χ1) is 9.73. The van der Waals surface area contributed by atoms with Gasteiger partial charge in [-0.15, -0.1) is 0 Å². The van der Waals surface area contributed by atoms with Crippen LogP contribution in [0, 0.1) is 11.3 Å². The number of carbonyl (C=O) groups is 1. The van der Waals surface area contributed by atoms with E-state index in [2.05, 4.69) is 28.5 Å². The maximum Gasteiger partial charge on any atom is 0.227 e.